The van der Waals surface area contributed by atoms with E-state index in [0.29, 0.717) is 40.8 Å². The minimum absolute atomic E-state index is 0.189. The van der Waals surface area contributed by atoms with Gasteiger partial charge in [-0.3, -0.25) is 10.3 Å². The third-order valence-corrected chi connectivity index (χ3v) is 10.5. The van der Waals surface area contributed by atoms with Gasteiger partial charge in [-0.2, -0.15) is 9.40 Å². The largest absolute Gasteiger partial charge is 0.324 e. The number of nitrogens with zero attached hydrogens (tertiary/aromatic N) is 4. The van der Waals surface area contributed by atoms with E-state index in [-0.39, 0.29) is 11.4 Å². The van der Waals surface area contributed by atoms with Gasteiger partial charge in [0.15, 0.2) is 0 Å². The van der Waals surface area contributed by atoms with Crippen molar-refractivity contribution in [2.24, 2.45) is 5.92 Å². The molecular weight excluding hydrogens is 597 g/mol. The quantitative estimate of drug-likeness (QED) is 0.195. The zero-order chi connectivity index (χ0) is 32.5. The molecule has 1 aliphatic rings. The monoisotopic (exact) mass is 636 g/mol. The van der Waals surface area contributed by atoms with Gasteiger partial charge in [0.05, 0.1) is 16.3 Å². The number of carbonyl (C=O) groups excluding carboxylic acids is 1. The first-order valence-corrected chi connectivity index (χ1v) is 17.1. The summed E-state index contributed by atoms with van der Waals surface area (Å²) in [6, 6.07) is 24.5. The number of sulfonamides is 1. The molecule has 5 aromatic rings. The van der Waals surface area contributed by atoms with Crippen LogP contribution in [0.2, 0.25) is 0 Å². The molecular formula is C36H40N6O3S. The third-order valence-electron chi connectivity index (χ3n) is 8.54. The van der Waals surface area contributed by atoms with Crippen LogP contribution in [0.25, 0.3) is 16.5 Å². The van der Waals surface area contributed by atoms with E-state index in [0.717, 1.165) is 47.2 Å². The van der Waals surface area contributed by atoms with Crippen molar-refractivity contribution in [3.63, 3.8) is 0 Å². The van der Waals surface area contributed by atoms with Crippen LogP contribution in [0.1, 0.15) is 50.4 Å². The molecule has 1 saturated heterocycles. The van der Waals surface area contributed by atoms with Crippen molar-refractivity contribution in [1.82, 2.24) is 19.1 Å². The summed E-state index contributed by atoms with van der Waals surface area (Å²) in [7, 11) is -3.62. The average molecular weight is 637 g/mol. The summed E-state index contributed by atoms with van der Waals surface area (Å²) in [5.74, 6) is 0.927. The molecule has 0 bridgehead atoms. The second-order valence-electron chi connectivity index (χ2n) is 13.1. The highest BCUT2D eigenvalue weighted by atomic mass is 32.2. The van der Waals surface area contributed by atoms with E-state index < -0.39 is 10.0 Å². The smallest absolute Gasteiger partial charge is 0.308 e. The molecule has 2 amide bonds. The maximum Gasteiger partial charge on any atom is 0.324 e. The van der Waals surface area contributed by atoms with E-state index in [9.17, 15) is 13.2 Å². The van der Waals surface area contributed by atoms with Crippen molar-refractivity contribution in [3.8, 4) is 5.69 Å². The Bertz CT molecular complexity index is 1970. The van der Waals surface area contributed by atoms with Crippen molar-refractivity contribution in [2.75, 3.05) is 23.7 Å². The highest BCUT2D eigenvalue weighted by molar-refractivity contribution is 7.89. The second-order valence-corrected chi connectivity index (χ2v) is 15.0. The fourth-order valence-corrected chi connectivity index (χ4v) is 7.60. The van der Waals surface area contributed by atoms with Crippen molar-refractivity contribution in [2.45, 2.75) is 57.3 Å². The second kappa shape index (κ2) is 12.7. The fraction of sp³-hybridized carbons (Fsp3) is 0.306. The van der Waals surface area contributed by atoms with Gasteiger partial charge in [-0.25, -0.2) is 17.9 Å². The van der Waals surface area contributed by atoms with Gasteiger partial charge in [-0.15, -0.1) is 0 Å². The molecule has 2 aromatic heterocycles. The Labute approximate surface area is 270 Å². The first kappa shape index (κ1) is 31.4. The highest BCUT2D eigenvalue weighted by Crippen LogP contribution is 2.31. The summed E-state index contributed by atoms with van der Waals surface area (Å²) >= 11 is 0. The standard InChI is InChI=1S/C36H40N6O3S/c1-25-11-13-30(14-12-25)42-34(23-33(40-42)36(2,3)4)39-35(43)38-29-9-5-7-27(22-29)21-26-16-19-41(20-17-26)46(44,45)32-10-6-8-28-24-37-18-15-31(28)32/h5-15,18,22-24,26H,16-17,19-21H2,1-4H3,(H2,38,39,43). The average Bonchev–Trinajstić information content (AvgIpc) is 3.46. The van der Waals surface area contributed by atoms with Gasteiger partial charge < -0.3 is 5.32 Å². The molecule has 3 heterocycles. The normalized spacial score (nSPS) is 14.8. The number of hydrogen-bond acceptors (Lipinski definition) is 5. The van der Waals surface area contributed by atoms with Crippen molar-refractivity contribution < 1.29 is 13.2 Å². The molecule has 3 aromatic carbocycles. The molecule has 0 aliphatic carbocycles. The fourth-order valence-electron chi connectivity index (χ4n) is 5.92. The number of amides is 2. The number of nitrogens with one attached hydrogen (secondary N) is 2. The van der Waals surface area contributed by atoms with Gasteiger partial charge in [0.1, 0.15) is 5.82 Å². The van der Waals surface area contributed by atoms with Crippen molar-refractivity contribution in [3.05, 3.63) is 108 Å². The molecule has 6 rings (SSSR count). The molecule has 0 atom stereocenters. The molecule has 0 unspecified atom stereocenters. The highest BCUT2D eigenvalue weighted by Gasteiger charge is 2.30. The van der Waals surface area contributed by atoms with E-state index >= 15 is 0 Å². The molecule has 2 N–H and O–H groups in total. The van der Waals surface area contributed by atoms with Crippen LogP contribution in [-0.2, 0) is 21.9 Å². The molecule has 0 spiro atoms. The Morgan fingerprint density at radius 2 is 1.67 bits per heavy atom. The predicted molar refractivity (Wildman–Crippen MR) is 183 cm³/mol. The Hall–Kier alpha value is -4.54. The number of rotatable bonds is 7. The zero-order valence-electron chi connectivity index (χ0n) is 26.7. The van der Waals surface area contributed by atoms with Crippen LogP contribution < -0.4 is 10.6 Å². The lowest BCUT2D eigenvalue weighted by molar-refractivity contribution is 0.262. The number of piperidine rings is 1. The van der Waals surface area contributed by atoms with Crippen LogP contribution in [0.15, 0.2) is 96.2 Å². The number of benzene rings is 3. The minimum Gasteiger partial charge on any atom is -0.308 e. The lowest BCUT2D eigenvalue weighted by Crippen LogP contribution is -2.38. The number of carbonyl (C=O) groups is 1. The van der Waals surface area contributed by atoms with Crippen LogP contribution in [0, 0.1) is 12.8 Å². The van der Waals surface area contributed by atoms with Crippen LogP contribution in [0.3, 0.4) is 0 Å². The molecule has 9 nitrogen and oxygen atoms in total. The number of aromatic nitrogens is 3. The topological polar surface area (TPSA) is 109 Å². The van der Waals surface area contributed by atoms with Crippen molar-refractivity contribution in [1.29, 1.82) is 0 Å². The number of anilines is 2. The Morgan fingerprint density at radius 1 is 0.935 bits per heavy atom. The molecule has 0 saturated carbocycles. The maximum absolute atomic E-state index is 13.6. The van der Waals surface area contributed by atoms with Crippen LogP contribution >= 0.6 is 0 Å². The van der Waals surface area contributed by atoms with Crippen LogP contribution in [0.4, 0.5) is 16.3 Å². The van der Waals surface area contributed by atoms with E-state index in [1.807, 2.05) is 61.5 Å². The van der Waals surface area contributed by atoms with Gasteiger partial charge >= 0.3 is 6.03 Å². The van der Waals surface area contributed by atoms with Gasteiger partial charge in [0.25, 0.3) is 0 Å². The summed E-state index contributed by atoms with van der Waals surface area (Å²) in [6.07, 6.45) is 5.66. The number of urea groups is 1. The molecule has 1 fully saturated rings. The van der Waals surface area contributed by atoms with E-state index in [4.69, 9.17) is 5.10 Å². The van der Waals surface area contributed by atoms with Gasteiger partial charge in [0, 0.05) is 53.4 Å². The maximum atomic E-state index is 13.6. The van der Waals surface area contributed by atoms with E-state index in [2.05, 4.69) is 42.5 Å². The van der Waals surface area contributed by atoms with Gasteiger partial charge in [-0.1, -0.05) is 62.7 Å². The Morgan fingerprint density at radius 3 is 2.41 bits per heavy atom. The molecule has 238 valence electrons. The molecule has 1 aliphatic heterocycles. The Balaban J connectivity index is 1.09. The van der Waals surface area contributed by atoms with Gasteiger partial charge in [-0.05, 0) is 74.1 Å². The molecule has 0 radical (unpaired) electrons. The van der Waals surface area contributed by atoms with E-state index in [1.165, 1.54) is 0 Å². The number of hydrogen-bond donors (Lipinski definition) is 2. The summed E-state index contributed by atoms with van der Waals surface area (Å²) < 4.78 is 30.5. The van der Waals surface area contributed by atoms with Crippen molar-refractivity contribution >= 4 is 38.3 Å². The zero-order valence-corrected chi connectivity index (χ0v) is 27.5. The van der Waals surface area contributed by atoms with E-state index in [1.54, 1.807) is 39.6 Å². The van der Waals surface area contributed by atoms with Gasteiger partial charge in [0.2, 0.25) is 10.0 Å². The third kappa shape index (κ3) is 6.83. The SMILES string of the molecule is Cc1ccc(-n2nc(C(C)(C)C)cc2NC(=O)Nc2cccc(CC3CCN(S(=O)(=O)c4cccc5cnccc45)CC3)c2)cc1. The summed E-state index contributed by atoms with van der Waals surface area (Å²) in [5, 5.41) is 12.3. The summed E-state index contributed by atoms with van der Waals surface area (Å²) in [5.41, 5.74) is 4.49. The number of pyridine rings is 1. The summed E-state index contributed by atoms with van der Waals surface area (Å²) in [4.78, 5) is 17.6. The summed E-state index contributed by atoms with van der Waals surface area (Å²) in [6.45, 7) is 9.26. The predicted octanol–water partition coefficient (Wildman–Crippen LogP) is 7.31. The lowest BCUT2D eigenvalue weighted by Gasteiger charge is -2.31. The van der Waals surface area contributed by atoms with Crippen LogP contribution in [-0.4, -0.2) is 46.6 Å². The van der Waals surface area contributed by atoms with Crippen LogP contribution in [0.5, 0.6) is 0 Å². The lowest BCUT2D eigenvalue weighted by atomic mass is 9.91. The molecule has 46 heavy (non-hydrogen) atoms. The minimum atomic E-state index is -3.62. The first-order valence-electron chi connectivity index (χ1n) is 15.6. The Kier molecular flexibility index (Phi) is 8.67. The first-order chi connectivity index (χ1) is 22.0. The number of aryl methyl sites for hydroxylation is 1. The number of fused-ring (bicyclic) bond motifs is 1. The molecule has 10 heteroatoms.